The average Bonchev–Trinajstić information content (AvgIpc) is 2.13. The van der Waals surface area contributed by atoms with Gasteiger partial charge in [0, 0.05) is 10.2 Å². The van der Waals surface area contributed by atoms with Crippen LogP contribution in [0.4, 0.5) is 0 Å². The lowest BCUT2D eigenvalue weighted by molar-refractivity contribution is 0.790. The van der Waals surface area contributed by atoms with E-state index in [-0.39, 0.29) is 0 Å². The maximum atomic E-state index is 2.28. The first-order valence-corrected chi connectivity index (χ1v) is 4.58. The van der Waals surface area contributed by atoms with E-state index >= 15 is 0 Å². The van der Waals surface area contributed by atoms with E-state index in [0.29, 0.717) is 0 Å². The highest BCUT2D eigenvalue weighted by atomic mass is 28.1. The first kappa shape index (κ1) is 6.81. The van der Waals surface area contributed by atoms with Gasteiger partial charge in [0.1, 0.15) is 0 Å². The summed E-state index contributed by atoms with van der Waals surface area (Å²) >= 11 is 0. The second-order valence-corrected chi connectivity index (χ2v) is 4.20. The quantitative estimate of drug-likeness (QED) is 0.478. The summed E-state index contributed by atoms with van der Waals surface area (Å²) in [6, 6.07) is 0. The van der Waals surface area contributed by atoms with E-state index in [4.69, 9.17) is 0 Å². The smallest absolute Gasteiger partial charge is 0.0340 e. The maximum Gasteiger partial charge on any atom is 0.0340 e. The molecule has 0 nitrogen and oxygen atoms in total. The Bertz CT molecular complexity index is 163. The monoisotopic (exact) mass is 138 g/mol. The molecule has 0 unspecified atom stereocenters. The van der Waals surface area contributed by atoms with Crippen molar-refractivity contribution in [3.8, 4) is 0 Å². The molecule has 0 bridgehead atoms. The van der Waals surface area contributed by atoms with Crippen molar-refractivity contribution in [3.05, 3.63) is 22.9 Å². The van der Waals surface area contributed by atoms with E-state index in [1.54, 1.807) is 10.8 Å². The van der Waals surface area contributed by atoms with Gasteiger partial charge < -0.3 is 0 Å². The van der Waals surface area contributed by atoms with E-state index in [9.17, 15) is 0 Å². The molecule has 0 spiro atoms. The van der Waals surface area contributed by atoms with Crippen LogP contribution in [0.2, 0.25) is 0 Å². The molecule has 0 aliphatic heterocycles. The van der Waals surface area contributed by atoms with Crippen molar-refractivity contribution in [1.29, 1.82) is 0 Å². The average molecular weight is 138 g/mol. The molecule has 0 amide bonds. The third-order valence-electron chi connectivity index (χ3n) is 1.84. The van der Waals surface area contributed by atoms with Gasteiger partial charge in [0.05, 0.1) is 0 Å². The zero-order valence-corrected chi connectivity index (χ0v) is 8.44. The van der Waals surface area contributed by atoms with Crippen LogP contribution in [-0.4, -0.2) is 10.2 Å². The van der Waals surface area contributed by atoms with Crippen molar-refractivity contribution in [2.24, 2.45) is 5.92 Å². The Kier molecular flexibility index (Phi) is 1.91. The molecule has 0 aromatic rings. The summed E-state index contributed by atoms with van der Waals surface area (Å²) in [6.07, 6.45) is 5.80. The van der Waals surface area contributed by atoms with Gasteiger partial charge in [0.2, 0.25) is 0 Å². The van der Waals surface area contributed by atoms with Gasteiger partial charge in [-0.05, 0) is 12.3 Å². The largest absolute Gasteiger partial charge is 0.0847 e. The molecule has 50 valence electrons. The fourth-order valence-electron chi connectivity index (χ4n) is 1.31. The zero-order valence-electron chi connectivity index (χ0n) is 6.44. The summed E-state index contributed by atoms with van der Waals surface area (Å²) in [5.74, 6) is 0.747. The van der Waals surface area contributed by atoms with Gasteiger partial charge in [-0.3, -0.25) is 0 Å². The van der Waals surface area contributed by atoms with Crippen molar-refractivity contribution in [3.63, 3.8) is 0 Å². The lowest BCUT2D eigenvalue weighted by Crippen LogP contribution is -1.92. The van der Waals surface area contributed by atoms with Crippen LogP contribution in [0.25, 0.3) is 0 Å². The Labute approximate surface area is 60.1 Å². The van der Waals surface area contributed by atoms with Gasteiger partial charge in [-0.15, -0.1) is 0 Å². The topological polar surface area (TPSA) is 0 Å². The van der Waals surface area contributed by atoms with Gasteiger partial charge in [-0.25, -0.2) is 0 Å². The molecule has 0 saturated carbocycles. The first-order chi connectivity index (χ1) is 4.22. The lowest BCUT2D eigenvalue weighted by Gasteiger charge is -2.04. The lowest BCUT2D eigenvalue weighted by atomic mass is 10.1. The van der Waals surface area contributed by atoms with E-state index in [1.165, 1.54) is 16.7 Å². The van der Waals surface area contributed by atoms with E-state index in [1.807, 2.05) is 0 Å². The van der Waals surface area contributed by atoms with Crippen LogP contribution in [0.3, 0.4) is 0 Å². The highest BCUT2D eigenvalue weighted by Crippen LogP contribution is 2.22. The predicted molar refractivity (Wildman–Crippen MR) is 45.6 cm³/mol. The fraction of sp³-hybridized carbons (Fsp3) is 0.500. The third kappa shape index (κ3) is 1.33. The first-order valence-electron chi connectivity index (χ1n) is 3.58. The van der Waals surface area contributed by atoms with Crippen LogP contribution in [0.15, 0.2) is 22.9 Å². The molecule has 1 aliphatic carbocycles. The second-order valence-electron chi connectivity index (χ2n) is 3.00. The highest BCUT2D eigenvalue weighted by molar-refractivity contribution is 6.22. The van der Waals surface area contributed by atoms with E-state index in [0.717, 1.165) is 5.92 Å². The van der Waals surface area contributed by atoms with Gasteiger partial charge in [-0.1, -0.05) is 36.8 Å². The summed E-state index contributed by atoms with van der Waals surface area (Å²) < 4.78 is 0. The standard InChI is InChI=1S/C8H14Si/c1-6(2)7-4-3-5-8(7)9/h3-4,6H,5H2,1-2,9H3. The Balaban J connectivity index is 2.77. The number of rotatable bonds is 1. The molecule has 9 heavy (non-hydrogen) atoms. The van der Waals surface area contributed by atoms with Crippen LogP contribution in [0, 0.1) is 5.92 Å². The van der Waals surface area contributed by atoms with Crippen LogP contribution in [0.1, 0.15) is 20.3 Å². The molecule has 0 N–H and O–H groups in total. The molecule has 1 heteroatoms. The molecule has 0 saturated heterocycles. The summed E-state index contributed by atoms with van der Waals surface area (Å²) in [7, 11) is 1.25. The summed E-state index contributed by atoms with van der Waals surface area (Å²) in [6.45, 7) is 4.53. The van der Waals surface area contributed by atoms with Crippen molar-refractivity contribution >= 4 is 10.2 Å². The Morgan fingerprint density at radius 1 is 1.56 bits per heavy atom. The SMILES string of the molecule is CC(C)C1=C([SiH3])CC=C1. The van der Waals surface area contributed by atoms with Crippen LogP contribution in [0.5, 0.6) is 0 Å². The maximum absolute atomic E-state index is 2.28. The molecular formula is C8H14Si. The molecule has 1 rings (SSSR count). The van der Waals surface area contributed by atoms with Crippen LogP contribution >= 0.6 is 0 Å². The van der Waals surface area contributed by atoms with Crippen molar-refractivity contribution in [2.45, 2.75) is 20.3 Å². The minimum atomic E-state index is 0.747. The minimum absolute atomic E-state index is 0.747. The molecule has 0 heterocycles. The molecular weight excluding hydrogens is 124 g/mol. The van der Waals surface area contributed by atoms with Crippen molar-refractivity contribution in [2.75, 3.05) is 0 Å². The zero-order chi connectivity index (χ0) is 6.85. The summed E-state index contributed by atoms with van der Waals surface area (Å²) in [5, 5.41) is 1.69. The highest BCUT2D eigenvalue weighted by Gasteiger charge is 2.06. The fourth-order valence-corrected chi connectivity index (χ4v) is 2.29. The van der Waals surface area contributed by atoms with Crippen LogP contribution < -0.4 is 0 Å². The number of allylic oxidation sites excluding steroid dienone is 4. The Morgan fingerprint density at radius 3 is 2.44 bits per heavy atom. The molecule has 0 aromatic carbocycles. The van der Waals surface area contributed by atoms with Gasteiger partial charge >= 0.3 is 0 Å². The van der Waals surface area contributed by atoms with E-state index in [2.05, 4.69) is 26.0 Å². The second kappa shape index (κ2) is 2.52. The normalized spacial score (nSPS) is 18.6. The van der Waals surface area contributed by atoms with Gasteiger partial charge in [-0.2, -0.15) is 0 Å². The third-order valence-corrected chi connectivity index (χ3v) is 2.82. The predicted octanol–water partition coefficient (Wildman–Crippen LogP) is 1.22. The minimum Gasteiger partial charge on any atom is -0.0847 e. The Morgan fingerprint density at radius 2 is 2.22 bits per heavy atom. The molecule has 0 atom stereocenters. The van der Waals surface area contributed by atoms with E-state index < -0.39 is 0 Å². The number of hydrogen-bond donors (Lipinski definition) is 0. The molecule has 0 radical (unpaired) electrons. The van der Waals surface area contributed by atoms with Crippen molar-refractivity contribution in [1.82, 2.24) is 0 Å². The summed E-state index contributed by atoms with van der Waals surface area (Å²) in [4.78, 5) is 0. The van der Waals surface area contributed by atoms with Crippen molar-refractivity contribution < 1.29 is 0 Å². The van der Waals surface area contributed by atoms with Crippen LogP contribution in [-0.2, 0) is 0 Å². The summed E-state index contributed by atoms with van der Waals surface area (Å²) in [5.41, 5.74) is 1.60. The van der Waals surface area contributed by atoms with Gasteiger partial charge in [0.15, 0.2) is 0 Å². The molecule has 0 fully saturated rings. The van der Waals surface area contributed by atoms with Gasteiger partial charge in [0.25, 0.3) is 0 Å². The number of hydrogen-bond acceptors (Lipinski definition) is 0. The Hall–Kier alpha value is -0.303. The molecule has 1 aliphatic rings. The molecule has 0 aromatic heterocycles.